The van der Waals surface area contributed by atoms with E-state index >= 15 is 0 Å². The maximum atomic E-state index is 11.5. The summed E-state index contributed by atoms with van der Waals surface area (Å²) in [6.45, 7) is 2.07. The van der Waals surface area contributed by atoms with Crippen LogP contribution in [-0.2, 0) is 19.1 Å². The molecule has 0 spiro atoms. The van der Waals surface area contributed by atoms with Gasteiger partial charge < -0.3 is 26.4 Å². The molecule has 0 aliphatic carbocycles. The van der Waals surface area contributed by atoms with E-state index in [1.807, 2.05) is 0 Å². The first-order valence-corrected chi connectivity index (χ1v) is 5.93. The van der Waals surface area contributed by atoms with E-state index in [1.54, 1.807) is 0 Å². The van der Waals surface area contributed by atoms with Gasteiger partial charge >= 0.3 is 11.8 Å². The molecule has 8 nitrogen and oxygen atoms in total. The van der Waals surface area contributed by atoms with Crippen LogP contribution < -0.4 is 21.7 Å². The summed E-state index contributed by atoms with van der Waals surface area (Å²) in [6, 6.07) is -0.833. The molecule has 0 saturated heterocycles. The Morgan fingerprint density at radius 1 is 1.26 bits per heavy atom. The summed E-state index contributed by atoms with van der Waals surface area (Å²) in [4.78, 5) is 34.2. The topological polar surface area (TPSA) is 123 Å². The van der Waals surface area contributed by atoms with Crippen LogP contribution in [0.25, 0.3) is 0 Å². The van der Waals surface area contributed by atoms with E-state index in [2.05, 4.69) is 28.2 Å². The lowest BCUT2D eigenvalue weighted by atomic mass is 10.3. The minimum Gasteiger partial charge on any atom is -0.392 e. The molecule has 0 aromatic rings. The number of hydrogen-bond donors (Lipinski definition) is 4. The van der Waals surface area contributed by atoms with Crippen LogP contribution in [0.1, 0.15) is 6.92 Å². The Bertz CT molecular complexity index is 361. The van der Waals surface area contributed by atoms with E-state index < -0.39 is 23.8 Å². The SMILES string of the molecule is COCCNC(=O)C(C)NC(=O)C(=O)NCC(N)=S. The summed E-state index contributed by atoms with van der Waals surface area (Å²) in [5.74, 6) is -2.23. The van der Waals surface area contributed by atoms with Gasteiger partial charge in [0.05, 0.1) is 18.1 Å². The lowest BCUT2D eigenvalue weighted by molar-refractivity contribution is -0.140. The molecule has 0 rings (SSSR count). The lowest BCUT2D eigenvalue weighted by Gasteiger charge is -2.13. The number of nitrogens with two attached hydrogens (primary N) is 1. The average molecular weight is 290 g/mol. The zero-order valence-corrected chi connectivity index (χ0v) is 11.6. The number of methoxy groups -OCH3 is 1. The largest absolute Gasteiger partial charge is 0.392 e. The van der Waals surface area contributed by atoms with Crippen LogP contribution in [0.4, 0.5) is 0 Å². The van der Waals surface area contributed by atoms with Gasteiger partial charge in [-0.3, -0.25) is 14.4 Å². The van der Waals surface area contributed by atoms with Gasteiger partial charge in [0.2, 0.25) is 5.91 Å². The molecule has 1 atom stereocenters. The molecule has 0 aliphatic rings. The fraction of sp³-hybridized carbons (Fsp3) is 0.600. The molecule has 0 saturated carbocycles. The highest BCUT2D eigenvalue weighted by molar-refractivity contribution is 7.80. The van der Waals surface area contributed by atoms with Crippen molar-refractivity contribution in [1.82, 2.24) is 16.0 Å². The highest BCUT2D eigenvalue weighted by Crippen LogP contribution is 1.83. The van der Waals surface area contributed by atoms with Gasteiger partial charge in [-0.05, 0) is 6.92 Å². The average Bonchev–Trinajstić information content (AvgIpc) is 2.35. The van der Waals surface area contributed by atoms with E-state index in [4.69, 9.17) is 10.5 Å². The molecule has 5 N–H and O–H groups in total. The highest BCUT2D eigenvalue weighted by atomic mass is 32.1. The smallest absolute Gasteiger partial charge is 0.309 e. The Hall–Kier alpha value is -1.74. The number of thiocarbonyl (C=S) groups is 1. The maximum Gasteiger partial charge on any atom is 0.309 e. The number of carbonyl (C=O) groups excluding carboxylic acids is 3. The Morgan fingerprint density at radius 2 is 1.89 bits per heavy atom. The monoisotopic (exact) mass is 290 g/mol. The molecule has 0 aliphatic heterocycles. The number of carbonyl (C=O) groups is 3. The van der Waals surface area contributed by atoms with E-state index in [0.29, 0.717) is 13.2 Å². The van der Waals surface area contributed by atoms with Crippen molar-refractivity contribution in [3.05, 3.63) is 0 Å². The van der Waals surface area contributed by atoms with Gasteiger partial charge in [-0.15, -0.1) is 0 Å². The predicted molar refractivity (Wildman–Crippen MR) is 72.3 cm³/mol. The van der Waals surface area contributed by atoms with Gasteiger partial charge in [0.15, 0.2) is 0 Å². The van der Waals surface area contributed by atoms with Crippen LogP contribution in [0.15, 0.2) is 0 Å². The van der Waals surface area contributed by atoms with E-state index in [9.17, 15) is 14.4 Å². The normalized spacial score (nSPS) is 11.3. The molecule has 0 bridgehead atoms. The second-order valence-electron chi connectivity index (χ2n) is 3.63. The summed E-state index contributed by atoms with van der Waals surface area (Å²) >= 11 is 4.54. The van der Waals surface area contributed by atoms with Crippen LogP contribution in [0.3, 0.4) is 0 Å². The third kappa shape index (κ3) is 8.06. The molecule has 3 amide bonds. The minimum atomic E-state index is -0.925. The summed E-state index contributed by atoms with van der Waals surface area (Å²) in [5.41, 5.74) is 5.17. The Kier molecular flexibility index (Phi) is 8.38. The molecule has 9 heteroatoms. The predicted octanol–water partition coefficient (Wildman–Crippen LogP) is -2.34. The number of ether oxygens (including phenoxy) is 1. The summed E-state index contributed by atoms with van der Waals surface area (Å²) in [7, 11) is 1.50. The van der Waals surface area contributed by atoms with E-state index in [-0.39, 0.29) is 11.5 Å². The van der Waals surface area contributed by atoms with E-state index in [1.165, 1.54) is 14.0 Å². The molecular weight excluding hydrogens is 272 g/mol. The quantitative estimate of drug-likeness (QED) is 0.237. The zero-order valence-electron chi connectivity index (χ0n) is 10.8. The molecule has 19 heavy (non-hydrogen) atoms. The summed E-state index contributed by atoms with van der Waals surface area (Å²) in [6.07, 6.45) is 0. The molecule has 0 radical (unpaired) electrons. The Morgan fingerprint density at radius 3 is 2.42 bits per heavy atom. The highest BCUT2D eigenvalue weighted by Gasteiger charge is 2.19. The van der Waals surface area contributed by atoms with Crippen molar-refractivity contribution in [2.75, 3.05) is 26.8 Å². The molecule has 0 heterocycles. The van der Waals surface area contributed by atoms with Gasteiger partial charge in [-0.2, -0.15) is 0 Å². The third-order valence-corrected chi connectivity index (χ3v) is 2.12. The number of rotatable bonds is 7. The van der Waals surface area contributed by atoms with Crippen LogP contribution in [-0.4, -0.2) is 55.6 Å². The van der Waals surface area contributed by atoms with Crippen LogP contribution in [0.5, 0.6) is 0 Å². The first kappa shape index (κ1) is 17.3. The van der Waals surface area contributed by atoms with Gasteiger partial charge in [0, 0.05) is 13.7 Å². The van der Waals surface area contributed by atoms with Crippen LogP contribution in [0, 0.1) is 0 Å². The molecule has 0 aromatic heterocycles. The zero-order chi connectivity index (χ0) is 14.8. The van der Waals surface area contributed by atoms with Gasteiger partial charge in [0.25, 0.3) is 0 Å². The molecule has 0 aromatic carbocycles. The van der Waals surface area contributed by atoms with Crippen LogP contribution >= 0.6 is 12.2 Å². The molecular formula is C10H18N4O4S. The fourth-order valence-corrected chi connectivity index (χ4v) is 1.08. The van der Waals surface area contributed by atoms with Crippen LogP contribution in [0.2, 0.25) is 0 Å². The number of nitrogens with one attached hydrogen (secondary N) is 3. The van der Waals surface area contributed by atoms with Crippen molar-refractivity contribution < 1.29 is 19.1 Å². The van der Waals surface area contributed by atoms with Crippen molar-refractivity contribution in [3.8, 4) is 0 Å². The molecule has 0 fully saturated rings. The fourth-order valence-electron chi connectivity index (χ4n) is 1.00. The van der Waals surface area contributed by atoms with Gasteiger partial charge in [0.1, 0.15) is 6.04 Å². The number of amides is 3. The summed E-state index contributed by atoms with van der Waals surface area (Å²) in [5, 5.41) is 6.98. The van der Waals surface area contributed by atoms with Gasteiger partial charge in [-0.25, -0.2) is 0 Å². The standard InChI is InChI=1S/C10H18N4O4S/c1-6(8(15)12-3-4-18-2)14-10(17)9(16)13-5-7(11)19/h6H,3-5H2,1-2H3,(H2,11,19)(H,12,15)(H,13,16)(H,14,17). The first-order chi connectivity index (χ1) is 8.88. The number of hydrogen-bond acceptors (Lipinski definition) is 5. The summed E-state index contributed by atoms with van der Waals surface area (Å²) < 4.78 is 4.76. The van der Waals surface area contributed by atoms with Gasteiger partial charge in [-0.1, -0.05) is 12.2 Å². The van der Waals surface area contributed by atoms with E-state index in [0.717, 1.165) is 0 Å². The maximum absolute atomic E-state index is 11.5. The molecule has 1 unspecified atom stereocenters. The van der Waals surface area contributed by atoms with Crippen molar-refractivity contribution in [3.63, 3.8) is 0 Å². The minimum absolute atomic E-state index is 0.0616. The first-order valence-electron chi connectivity index (χ1n) is 5.52. The van der Waals surface area contributed by atoms with Crippen molar-refractivity contribution in [1.29, 1.82) is 0 Å². The van der Waals surface area contributed by atoms with Crippen molar-refractivity contribution >= 4 is 34.9 Å². The third-order valence-electron chi connectivity index (χ3n) is 1.98. The Labute approximate surface area is 116 Å². The molecule has 108 valence electrons. The lowest BCUT2D eigenvalue weighted by Crippen LogP contribution is -2.50. The Balaban J connectivity index is 4.06. The van der Waals surface area contributed by atoms with Crippen molar-refractivity contribution in [2.24, 2.45) is 5.73 Å². The second-order valence-corrected chi connectivity index (χ2v) is 4.15. The second kappa shape index (κ2) is 9.22. The van der Waals surface area contributed by atoms with Crippen molar-refractivity contribution in [2.45, 2.75) is 13.0 Å².